The van der Waals surface area contributed by atoms with Crippen molar-refractivity contribution in [2.24, 2.45) is 0 Å². The molecule has 0 saturated heterocycles. The molecule has 0 aliphatic rings. The number of hydrogen-bond acceptors (Lipinski definition) is 3. The lowest BCUT2D eigenvalue weighted by atomic mass is 9.98. The zero-order valence-corrected chi connectivity index (χ0v) is 14.7. The van der Waals surface area contributed by atoms with Gasteiger partial charge in [0.2, 0.25) is 0 Å². The molecule has 0 atom stereocenters. The molecule has 132 valence electrons. The van der Waals surface area contributed by atoms with Crippen LogP contribution >= 0.6 is 0 Å². The molecule has 0 unspecified atom stereocenters. The van der Waals surface area contributed by atoms with Crippen molar-refractivity contribution in [1.82, 2.24) is 4.98 Å². The molecule has 1 aromatic heterocycles. The lowest BCUT2D eigenvalue weighted by molar-refractivity contribution is 0.102. The molecule has 4 aromatic rings. The maximum Gasteiger partial charge on any atom is 0.256 e. The molecule has 3 aromatic carbocycles. The van der Waals surface area contributed by atoms with E-state index in [1.54, 1.807) is 18.5 Å². The Morgan fingerprint density at radius 2 is 1.67 bits per heavy atom. The average Bonchev–Trinajstić information content (AvgIpc) is 2.70. The van der Waals surface area contributed by atoms with Crippen LogP contribution in [0, 0.1) is 0 Å². The highest BCUT2D eigenvalue weighted by Gasteiger charge is 2.14. The van der Waals surface area contributed by atoms with E-state index in [2.05, 4.69) is 10.3 Å². The largest absolute Gasteiger partial charge is 0.398 e. The van der Waals surface area contributed by atoms with Gasteiger partial charge in [-0.25, -0.2) is 0 Å². The van der Waals surface area contributed by atoms with Gasteiger partial charge in [0.1, 0.15) is 0 Å². The lowest BCUT2D eigenvalue weighted by Gasteiger charge is -2.13. The van der Waals surface area contributed by atoms with E-state index in [1.807, 2.05) is 66.7 Å². The summed E-state index contributed by atoms with van der Waals surface area (Å²) in [6.45, 7) is 0. The number of amides is 1. The third-order valence-electron chi connectivity index (χ3n) is 4.59. The van der Waals surface area contributed by atoms with Gasteiger partial charge in [-0.05, 0) is 58.3 Å². The highest BCUT2D eigenvalue weighted by atomic mass is 16.1. The molecule has 0 saturated carbocycles. The zero-order chi connectivity index (χ0) is 18.6. The number of carbonyl (C=O) groups excluding carboxylic acids is 1. The number of nitrogens with zero attached hydrogens (tertiary/aromatic N) is 1. The maximum absolute atomic E-state index is 12.9. The number of rotatable bonds is 4. The van der Waals surface area contributed by atoms with Crippen LogP contribution in [0.4, 0.5) is 11.4 Å². The number of benzene rings is 3. The highest BCUT2D eigenvalue weighted by Crippen LogP contribution is 2.23. The van der Waals surface area contributed by atoms with Gasteiger partial charge in [0.05, 0.1) is 0 Å². The Morgan fingerprint density at radius 1 is 0.889 bits per heavy atom. The molecule has 0 radical (unpaired) electrons. The summed E-state index contributed by atoms with van der Waals surface area (Å²) in [6.07, 6.45) is 4.06. The molecule has 0 aliphatic heterocycles. The minimum atomic E-state index is -0.165. The average molecular weight is 353 g/mol. The van der Waals surface area contributed by atoms with Crippen molar-refractivity contribution in [3.8, 4) is 0 Å². The molecule has 1 amide bonds. The van der Waals surface area contributed by atoms with Gasteiger partial charge < -0.3 is 11.1 Å². The van der Waals surface area contributed by atoms with E-state index in [0.717, 1.165) is 27.6 Å². The molecule has 4 heteroatoms. The predicted octanol–water partition coefficient (Wildman–Crippen LogP) is 4.66. The molecule has 0 spiro atoms. The molecule has 0 fully saturated rings. The predicted molar refractivity (Wildman–Crippen MR) is 110 cm³/mol. The smallest absolute Gasteiger partial charge is 0.256 e. The first-order chi connectivity index (χ1) is 13.2. The minimum Gasteiger partial charge on any atom is -0.398 e. The van der Waals surface area contributed by atoms with Gasteiger partial charge in [-0.3, -0.25) is 9.78 Å². The van der Waals surface area contributed by atoms with Crippen molar-refractivity contribution in [1.29, 1.82) is 0 Å². The second-order valence-electron chi connectivity index (χ2n) is 6.42. The monoisotopic (exact) mass is 353 g/mol. The molecule has 0 aliphatic carbocycles. The lowest BCUT2D eigenvalue weighted by Crippen LogP contribution is -2.15. The third-order valence-corrected chi connectivity index (χ3v) is 4.59. The van der Waals surface area contributed by atoms with Crippen LogP contribution in [0.2, 0.25) is 0 Å². The fourth-order valence-corrected chi connectivity index (χ4v) is 3.18. The Balaban J connectivity index is 1.64. The Labute approximate surface area is 157 Å². The van der Waals surface area contributed by atoms with Crippen molar-refractivity contribution in [2.75, 3.05) is 11.1 Å². The third kappa shape index (κ3) is 3.65. The normalized spacial score (nSPS) is 10.7. The van der Waals surface area contributed by atoms with Crippen molar-refractivity contribution in [3.05, 3.63) is 102 Å². The summed E-state index contributed by atoms with van der Waals surface area (Å²) in [5.74, 6) is -0.165. The van der Waals surface area contributed by atoms with Gasteiger partial charge in [0, 0.05) is 35.8 Å². The number of aromatic nitrogens is 1. The summed E-state index contributed by atoms with van der Waals surface area (Å²) in [4.78, 5) is 17.0. The SMILES string of the molecule is Nc1cccc(C(=O)Nc2ccc3ccccc3c2)c1Cc1ccncc1. The molecule has 3 N–H and O–H groups in total. The Morgan fingerprint density at radius 3 is 2.48 bits per heavy atom. The number of nitrogens with two attached hydrogens (primary N) is 1. The van der Waals surface area contributed by atoms with Gasteiger partial charge in [-0.15, -0.1) is 0 Å². The molecular formula is C23H19N3O. The van der Waals surface area contributed by atoms with E-state index in [0.29, 0.717) is 17.7 Å². The van der Waals surface area contributed by atoms with Crippen molar-refractivity contribution < 1.29 is 4.79 Å². The second-order valence-corrected chi connectivity index (χ2v) is 6.42. The second kappa shape index (κ2) is 7.30. The topological polar surface area (TPSA) is 68.0 Å². The van der Waals surface area contributed by atoms with Crippen LogP contribution in [0.5, 0.6) is 0 Å². The number of anilines is 2. The van der Waals surface area contributed by atoms with Gasteiger partial charge in [0.25, 0.3) is 5.91 Å². The molecule has 0 bridgehead atoms. The molecular weight excluding hydrogens is 334 g/mol. The van der Waals surface area contributed by atoms with E-state index in [9.17, 15) is 4.79 Å². The van der Waals surface area contributed by atoms with Gasteiger partial charge in [-0.2, -0.15) is 0 Å². The minimum absolute atomic E-state index is 0.165. The quantitative estimate of drug-likeness (QED) is 0.524. The van der Waals surface area contributed by atoms with Gasteiger partial charge in [0.15, 0.2) is 0 Å². The number of fused-ring (bicyclic) bond motifs is 1. The first-order valence-electron chi connectivity index (χ1n) is 8.77. The maximum atomic E-state index is 12.9. The molecule has 1 heterocycles. The Hall–Kier alpha value is -3.66. The fraction of sp³-hybridized carbons (Fsp3) is 0.0435. The van der Waals surface area contributed by atoms with E-state index in [-0.39, 0.29) is 5.91 Å². The van der Waals surface area contributed by atoms with Crippen LogP contribution in [0.25, 0.3) is 10.8 Å². The van der Waals surface area contributed by atoms with E-state index in [4.69, 9.17) is 5.73 Å². The number of pyridine rings is 1. The van der Waals surface area contributed by atoms with Crippen molar-refractivity contribution in [3.63, 3.8) is 0 Å². The van der Waals surface area contributed by atoms with E-state index in [1.165, 1.54) is 0 Å². The molecule has 4 nitrogen and oxygen atoms in total. The van der Waals surface area contributed by atoms with E-state index < -0.39 is 0 Å². The van der Waals surface area contributed by atoms with Crippen LogP contribution in [-0.2, 0) is 6.42 Å². The number of carbonyl (C=O) groups is 1. The van der Waals surface area contributed by atoms with Crippen LogP contribution in [-0.4, -0.2) is 10.9 Å². The summed E-state index contributed by atoms with van der Waals surface area (Å²) >= 11 is 0. The standard InChI is InChI=1S/C23H19N3O/c24-22-7-3-6-20(21(22)14-16-10-12-25-13-11-16)23(27)26-19-9-8-17-4-1-2-5-18(17)15-19/h1-13,15H,14,24H2,(H,26,27). The number of hydrogen-bond donors (Lipinski definition) is 2. The number of nitrogen functional groups attached to an aromatic ring is 1. The van der Waals surface area contributed by atoms with Gasteiger partial charge >= 0.3 is 0 Å². The summed E-state index contributed by atoms with van der Waals surface area (Å²) in [6, 6.07) is 23.2. The fourth-order valence-electron chi connectivity index (χ4n) is 3.18. The van der Waals surface area contributed by atoms with E-state index >= 15 is 0 Å². The first kappa shape index (κ1) is 16.8. The highest BCUT2D eigenvalue weighted by molar-refractivity contribution is 6.07. The summed E-state index contributed by atoms with van der Waals surface area (Å²) in [7, 11) is 0. The van der Waals surface area contributed by atoms with Crippen LogP contribution in [0.1, 0.15) is 21.5 Å². The summed E-state index contributed by atoms with van der Waals surface area (Å²) in [5, 5.41) is 5.22. The van der Waals surface area contributed by atoms with Crippen molar-refractivity contribution in [2.45, 2.75) is 6.42 Å². The number of nitrogens with one attached hydrogen (secondary N) is 1. The zero-order valence-electron chi connectivity index (χ0n) is 14.7. The van der Waals surface area contributed by atoms with Crippen LogP contribution in [0.3, 0.4) is 0 Å². The van der Waals surface area contributed by atoms with Crippen LogP contribution < -0.4 is 11.1 Å². The van der Waals surface area contributed by atoms with Gasteiger partial charge in [-0.1, -0.05) is 36.4 Å². The van der Waals surface area contributed by atoms with Crippen LogP contribution in [0.15, 0.2) is 85.2 Å². The molecule has 27 heavy (non-hydrogen) atoms. The molecule has 4 rings (SSSR count). The Kier molecular flexibility index (Phi) is 4.54. The Bertz CT molecular complexity index is 1110. The van der Waals surface area contributed by atoms with Crippen molar-refractivity contribution >= 4 is 28.1 Å². The summed E-state index contributed by atoms with van der Waals surface area (Å²) < 4.78 is 0. The first-order valence-corrected chi connectivity index (χ1v) is 8.77. The summed E-state index contributed by atoms with van der Waals surface area (Å²) in [5.41, 5.74) is 10.0.